The highest BCUT2D eigenvalue weighted by molar-refractivity contribution is 5.97. The molecule has 0 N–H and O–H groups in total. The zero-order valence-corrected chi connectivity index (χ0v) is 12.8. The van der Waals surface area contributed by atoms with Crippen LogP contribution in [0, 0.1) is 0 Å². The number of nitrogens with zero attached hydrogens (tertiary/aromatic N) is 2. The fraction of sp³-hybridized carbons (Fsp3) is 0.588. The van der Waals surface area contributed by atoms with Crippen molar-refractivity contribution in [3.63, 3.8) is 0 Å². The van der Waals surface area contributed by atoms with Crippen LogP contribution in [-0.2, 0) is 0 Å². The smallest absolute Gasteiger partial charge is 0.176 e. The molecule has 0 aliphatic carbocycles. The molecule has 0 radical (unpaired) electrons. The number of carbonyl (C=O) groups is 1. The number of hydrogen-bond acceptors (Lipinski definition) is 4. The molecule has 2 aliphatic heterocycles. The summed E-state index contributed by atoms with van der Waals surface area (Å²) in [5.74, 6) is 1.04. The summed E-state index contributed by atoms with van der Waals surface area (Å²) in [6.45, 7) is 7.56. The Balaban J connectivity index is 1.55. The Morgan fingerprint density at radius 2 is 2.05 bits per heavy atom. The quantitative estimate of drug-likeness (QED) is 0.776. The Kier molecular flexibility index (Phi) is 4.56. The van der Waals surface area contributed by atoms with Gasteiger partial charge in [0.1, 0.15) is 5.75 Å². The van der Waals surface area contributed by atoms with E-state index < -0.39 is 0 Å². The summed E-state index contributed by atoms with van der Waals surface area (Å²) in [4.78, 5) is 17.3. The second-order valence-electron chi connectivity index (χ2n) is 5.95. The maximum absolute atomic E-state index is 12.4. The lowest BCUT2D eigenvalue weighted by Gasteiger charge is -2.37. The molecule has 21 heavy (non-hydrogen) atoms. The topological polar surface area (TPSA) is 32.8 Å². The van der Waals surface area contributed by atoms with Gasteiger partial charge in [-0.25, -0.2) is 0 Å². The van der Waals surface area contributed by atoms with Crippen molar-refractivity contribution in [1.82, 2.24) is 9.80 Å². The molecular weight excluding hydrogens is 264 g/mol. The number of ether oxygens (including phenoxy) is 1. The zero-order chi connectivity index (χ0) is 14.7. The average molecular weight is 288 g/mol. The molecule has 0 bridgehead atoms. The lowest BCUT2D eigenvalue weighted by atomic mass is 10.1. The van der Waals surface area contributed by atoms with E-state index in [-0.39, 0.29) is 5.78 Å². The SMILES string of the molecule is CCOc1ccc(C(=O)CN2CCN3CCCC3C2)cc1. The maximum Gasteiger partial charge on any atom is 0.176 e. The number of rotatable bonds is 5. The first kappa shape index (κ1) is 14.5. The van der Waals surface area contributed by atoms with Crippen LogP contribution in [0.2, 0.25) is 0 Å². The van der Waals surface area contributed by atoms with Crippen molar-refractivity contribution in [3.05, 3.63) is 29.8 Å². The van der Waals surface area contributed by atoms with E-state index in [2.05, 4.69) is 9.80 Å². The lowest BCUT2D eigenvalue weighted by molar-refractivity contribution is 0.0784. The van der Waals surface area contributed by atoms with Gasteiger partial charge < -0.3 is 4.74 Å². The Morgan fingerprint density at radius 1 is 1.24 bits per heavy atom. The Morgan fingerprint density at radius 3 is 2.81 bits per heavy atom. The summed E-state index contributed by atoms with van der Waals surface area (Å²) in [5.41, 5.74) is 0.785. The number of carbonyl (C=O) groups excluding carboxylic acids is 1. The van der Waals surface area contributed by atoms with Crippen LogP contribution in [0.25, 0.3) is 0 Å². The summed E-state index contributed by atoms with van der Waals surface area (Å²) >= 11 is 0. The molecule has 0 amide bonds. The van der Waals surface area contributed by atoms with Gasteiger partial charge >= 0.3 is 0 Å². The third kappa shape index (κ3) is 3.44. The first-order chi connectivity index (χ1) is 10.3. The van der Waals surface area contributed by atoms with Crippen molar-refractivity contribution in [3.8, 4) is 5.75 Å². The summed E-state index contributed by atoms with van der Waals surface area (Å²) in [6, 6.07) is 8.18. The van der Waals surface area contributed by atoms with Gasteiger partial charge in [-0.05, 0) is 50.6 Å². The van der Waals surface area contributed by atoms with Gasteiger partial charge in [-0.1, -0.05) is 0 Å². The molecule has 2 heterocycles. The monoisotopic (exact) mass is 288 g/mol. The third-order valence-electron chi connectivity index (χ3n) is 4.53. The van der Waals surface area contributed by atoms with Crippen LogP contribution in [0.4, 0.5) is 0 Å². The molecule has 1 aromatic carbocycles. The molecule has 2 saturated heterocycles. The van der Waals surface area contributed by atoms with E-state index in [0.29, 0.717) is 19.2 Å². The van der Waals surface area contributed by atoms with Crippen molar-refractivity contribution in [2.45, 2.75) is 25.8 Å². The summed E-state index contributed by atoms with van der Waals surface area (Å²) in [7, 11) is 0. The van der Waals surface area contributed by atoms with Gasteiger partial charge in [0.2, 0.25) is 0 Å². The van der Waals surface area contributed by atoms with Crippen LogP contribution in [0.5, 0.6) is 5.75 Å². The predicted molar refractivity (Wildman–Crippen MR) is 83.0 cm³/mol. The Bertz CT molecular complexity index is 486. The molecule has 1 aromatic rings. The average Bonchev–Trinajstić information content (AvgIpc) is 2.96. The van der Waals surface area contributed by atoms with Gasteiger partial charge in [0.15, 0.2) is 5.78 Å². The standard InChI is InChI=1S/C17H24N2O2/c1-2-21-16-7-5-14(6-8-16)17(20)13-18-10-11-19-9-3-4-15(19)12-18/h5-8,15H,2-4,9-13H2,1H3. The van der Waals surface area contributed by atoms with Crippen LogP contribution < -0.4 is 4.74 Å². The molecule has 0 aromatic heterocycles. The molecule has 1 atom stereocenters. The Hall–Kier alpha value is -1.39. The highest BCUT2D eigenvalue weighted by Crippen LogP contribution is 2.21. The second-order valence-corrected chi connectivity index (χ2v) is 5.95. The van der Waals surface area contributed by atoms with Gasteiger partial charge in [0.05, 0.1) is 13.2 Å². The Labute approximate surface area is 126 Å². The van der Waals surface area contributed by atoms with Crippen molar-refractivity contribution < 1.29 is 9.53 Å². The molecular formula is C17H24N2O2. The van der Waals surface area contributed by atoms with Crippen molar-refractivity contribution in [2.24, 2.45) is 0 Å². The van der Waals surface area contributed by atoms with Crippen molar-refractivity contribution >= 4 is 5.78 Å². The molecule has 1 unspecified atom stereocenters. The van der Waals surface area contributed by atoms with Crippen LogP contribution in [-0.4, -0.2) is 61.0 Å². The number of ketones is 1. The van der Waals surface area contributed by atoms with Crippen LogP contribution in [0.3, 0.4) is 0 Å². The number of piperazine rings is 1. The van der Waals surface area contributed by atoms with E-state index in [1.54, 1.807) is 0 Å². The van der Waals surface area contributed by atoms with Crippen LogP contribution in [0.1, 0.15) is 30.1 Å². The molecule has 114 valence electrons. The maximum atomic E-state index is 12.4. The molecule has 2 fully saturated rings. The fourth-order valence-electron chi connectivity index (χ4n) is 3.40. The minimum Gasteiger partial charge on any atom is -0.494 e. The van der Waals surface area contributed by atoms with E-state index >= 15 is 0 Å². The van der Waals surface area contributed by atoms with E-state index in [0.717, 1.165) is 30.9 Å². The van der Waals surface area contributed by atoms with Crippen LogP contribution >= 0.6 is 0 Å². The molecule has 3 rings (SSSR count). The van der Waals surface area contributed by atoms with Crippen LogP contribution in [0.15, 0.2) is 24.3 Å². The van der Waals surface area contributed by atoms with Gasteiger partial charge in [0, 0.05) is 31.2 Å². The third-order valence-corrected chi connectivity index (χ3v) is 4.53. The zero-order valence-electron chi connectivity index (χ0n) is 12.8. The highest BCUT2D eigenvalue weighted by atomic mass is 16.5. The predicted octanol–water partition coefficient (Wildman–Crippen LogP) is 2.05. The van der Waals surface area contributed by atoms with Crippen molar-refractivity contribution in [1.29, 1.82) is 0 Å². The second kappa shape index (κ2) is 6.58. The van der Waals surface area contributed by atoms with E-state index in [9.17, 15) is 4.79 Å². The summed E-state index contributed by atoms with van der Waals surface area (Å²) in [6.07, 6.45) is 2.60. The van der Waals surface area contributed by atoms with Gasteiger partial charge in [-0.3, -0.25) is 14.6 Å². The fourth-order valence-corrected chi connectivity index (χ4v) is 3.40. The molecule has 4 nitrogen and oxygen atoms in total. The molecule has 4 heteroatoms. The molecule has 0 saturated carbocycles. The summed E-state index contributed by atoms with van der Waals surface area (Å²) in [5, 5.41) is 0. The largest absolute Gasteiger partial charge is 0.494 e. The summed E-state index contributed by atoms with van der Waals surface area (Å²) < 4.78 is 5.41. The van der Waals surface area contributed by atoms with Gasteiger partial charge in [-0.2, -0.15) is 0 Å². The van der Waals surface area contributed by atoms with E-state index in [1.165, 1.54) is 19.4 Å². The number of Topliss-reactive ketones (excluding diaryl/α,β-unsaturated/α-hetero) is 1. The first-order valence-corrected chi connectivity index (χ1v) is 7.98. The first-order valence-electron chi connectivity index (χ1n) is 7.98. The number of benzene rings is 1. The highest BCUT2D eigenvalue weighted by Gasteiger charge is 2.31. The minimum atomic E-state index is 0.212. The van der Waals surface area contributed by atoms with Crippen molar-refractivity contribution in [2.75, 3.05) is 39.3 Å². The normalized spacial score (nSPS) is 23.0. The van der Waals surface area contributed by atoms with E-state index in [4.69, 9.17) is 4.74 Å². The van der Waals surface area contributed by atoms with Gasteiger partial charge in [-0.15, -0.1) is 0 Å². The molecule has 0 spiro atoms. The van der Waals surface area contributed by atoms with E-state index in [1.807, 2.05) is 31.2 Å². The lowest BCUT2D eigenvalue weighted by Crippen LogP contribution is -2.51. The minimum absolute atomic E-state index is 0.212. The number of fused-ring (bicyclic) bond motifs is 1. The molecule has 2 aliphatic rings. The number of hydrogen-bond donors (Lipinski definition) is 0. The van der Waals surface area contributed by atoms with Gasteiger partial charge in [0.25, 0.3) is 0 Å².